The third kappa shape index (κ3) is 4.26. The predicted molar refractivity (Wildman–Crippen MR) is 154 cm³/mol. The molecule has 5 aromatic rings. The lowest BCUT2D eigenvalue weighted by atomic mass is 10.0. The fourth-order valence-corrected chi connectivity index (χ4v) is 6.94. The van der Waals surface area contributed by atoms with Crippen LogP contribution in [0.1, 0.15) is 31.2 Å². The van der Waals surface area contributed by atoms with Crippen LogP contribution in [0.15, 0.2) is 41.1 Å². The SMILES string of the molecule is Cn1nnc2cc(-c3c(-c4ccc(C#N)c(F)c4)nc4c(N5CCC[C@@H](N6CCCC6)C5)nccn34)c(F)c(Br)c21. The number of halogens is 3. The van der Waals surface area contributed by atoms with Gasteiger partial charge < -0.3 is 4.90 Å². The molecule has 41 heavy (non-hydrogen) atoms. The fraction of sp³-hybridized carbons (Fsp3) is 0.345. The fourth-order valence-electron chi connectivity index (χ4n) is 6.27. The summed E-state index contributed by atoms with van der Waals surface area (Å²) in [6, 6.07) is 8.27. The zero-order valence-corrected chi connectivity index (χ0v) is 23.9. The van der Waals surface area contributed by atoms with E-state index < -0.39 is 11.6 Å². The van der Waals surface area contributed by atoms with Crippen LogP contribution in [0.25, 0.3) is 39.2 Å². The Morgan fingerprint density at radius 3 is 2.71 bits per heavy atom. The zero-order chi connectivity index (χ0) is 28.2. The molecule has 2 aliphatic heterocycles. The van der Waals surface area contributed by atoms with Gasteiger partial charge >= 0.3 is 0 Å². The highest BCUT2D eigenvalue weighted by Gasteiger charge is 2.31. The number of nitriles is 1. The molecule has 0 unspecified atom stereocenters. The minimum atomic E-state index is -0.665. The minimum Gasteiger partial charge on any atom is -0.352 e. The van der Waals surface area contributed by atoms with Crippen LogP contribution in [0.2, 0.25) is 0 Å². The molecule has 208 valence electrons. The Kier molecular flexibility index (Phi) is 6.43. The van der Waals surface area contributed by atoms with Crippen LogP contribution >= 0.6 is 15.9 Å². The first-order valence-electron chi connectivity index (χ1n) is 13.7. The van der Waals surface area contributed by atoms with Gasteiger partial charge in [0, 0.05) is 49.7 Å². The van der Waals surface area contributed by atoms with Crippen LogP contribution in [0.3, 0.4) is 0 Å². The van der Waals surface area contributed by atoms with Crippen LogP contribution in [0, 0.1) is 23.0 Å². The number of hydrogen-bond acceptors (Lipinski definition) is 7. The summed E-state index contributed by atoms with van der Waals surface area (Å²) in [5, 5.41) is 17.5. The molecular weight excluding hydrogens is 592 g/mol. The number of likely N-dealkylation sites (tertiary alicyclic amines) is 1. The van der Waals surface area contributed by atoms with Crippen LogP contribution in [-0.2, 0) is 7.05 Å². The van der Waals surface area contributed by atoms with E-state index in [4.69, 9.17) is 9.97 Å². The largest absolute Gasteiger partial charge is 0.352 e. The van der Waals surface area contributed by atoms with Crippen LogP contribution in [0.4, 0.5) is 14.6 Å². The first-order valence-corrected chi connectivity index (χ1v) is 14.5. The van der Waals surface area contributed by atoms with E-state index in [2.05, 4.69) is 36.0 Å². The van der Waals surface area contributed by atoms with Gasteiger partial charge in [-0.25, -0.2) is 23.4 Å². The van der Waals surface area contributed by atoms with Gasteiger partial charge in [0.05, 0.1) is 21.4 Å². The normalized spacial score (nSPS) is 18.0. The average Bonchev–Trinajstić information content (AvgIpc) is 3.74. The number of aryl methyl sites for hydroxylation is 1. The van der Waals surface area contributed by atoms with Crippen LogP contribution < -0.4 is 4.90 Å². The third-order valence-corrected chi connectivity index (χ3v) is 8.99. The Morgan fingerprint density at radius 1 is 1.10 bits per heavy atom. The van der Waals surface area contributed by atoms with Gasteiger partial charge in [0.25, 0.3) is 0 Å². The monoisotopic (exact) mass is 617 g/mol. The van der Waals surface area contributed by atoms with Gasteiger partial charge in [0.1, 0.15) is 28.7 Å². The lowest BCUT2D eigenvalue weighted by molar-refractivity contribution is 0.215. The second kappa shape index (κ2) is 10.2. The smallest absolute Gasteiger partial charge is 0.181 e. The molecule has 0 N–H and O–H groups in total. The van der Waals surface area contributed by atoms with Gasteiger partial charge in [-0.15, -0.1) is 5.10 Å². The van der Waals surface area contributed by atoms with Crippen molar-refractivity contribution in [3.05, 3.63) is 58.3 Å². The molecule has 9 nitrogen and oxygen atoms in total. The van der Waals surface area contributed by atoms with Crippen LogP contribution in [-0.4, -0.2) is 66.5 Å². The van der Waals surface area contributed by atoms with Crippen molar-refractivity contribution in [3.8, 4) is 28.6 Å². The number of fused-ring (bicyclic) bond motifs is 2. The summed E-state index contributed by atoms with van der Waals surface area (Å²) < 4.78 is 34.6. The van der Waals surface area contributed by atoms with Crippen molar-refractivity contribution in [2.45, 2.75) is 31.7 Å². The Balaban J connectivity index is 1.44. The number of piperidine rings is 1. The number of rotatable bonds is 4. The lowest BCUT2D eigenvalue weighted by Crippen LogP contribution is -2.47. The van der Waals surface area contributed by atoms with Gasteiger partial charge in [0.2, 0.25) is 0 Å². The molecule has 2 saturated heterocycles. The van der Waals surface area contributed by atoms with Crippen molar-refractivity contribution in [3.63, 3.8) is 0 Å². The number of imidazole rings is 1. The maximum Gasteiger partial charge on any atom is 0.181 e. The summed E-state index contributed by atoms with van der Waals surface area (Å²) in [4.78, 5) is 14.6. The number of aromatic nitrogens is 6. The molecule has 3 aromatic heterocycles. The van der Waals surface area contributed by atoms with Crippen molar-refractivity contribution >= 4 is 38.4 Å². The Bertz CT molecular complexity index is 1850. The van der Waals surface area contributed by atoms with Crippen molar-refractivity contribution in [2.75, 3.05) is 31.1 Å². The lowest BCUT2D eigenvalue weighted by Gasteiger charge is -2.38. The van der Waals surface area contributed by atoms with E-state index >= 15 is 4.39 Å². The zero-order valence-electron chi connectivity index (χ0n) is 22.4. The van der Waals surface area contributed by atoms with Gasteiger partial charge in [-0.3, -0.25) is 9.30 Å². The Hall–Kier alpha value is -3.95. The summed E-state index contributed by atoms with van der Waals surface area (Å²) in [7, 11) is 1.70. The van der Waals surface area contributed by atoms with E-state index in [1.54, 1.807) is 31.6 Å². The predicted octanol–water partition coefficient (Wildman–Crippen LogP) is 5.32. The molecule has 0 bridgehead atoms. The van der Waals surface area contributed by atoms with E-state index in [0.29, 0.717) is 45.5 Å². The molecule has 0 amide bonds. The van der Waals surface area contributed by atoms with Gasteiger partial charge in [-0.1, -0.05) is 11.3 Å². The molecule has 5 heterocycles. The first kappa shape index (κ1) is 26.0. The van der Waals surface area contributed by atoms with Gasteiger partial charge in [-0.05, 0) is 72.9 Å². The molecule has 0 aliphatic carbocycles. The Labute approximate surface area is 243 Å². The summed E-state index contributed by atoms with van der Waals surface area (Å²) in [6.45, 7) is 3.92. The highest BCUT2D eigenvalue weighted by atomic mass is 79.9. The topological polar surface area (TPSA) is 91.2 Å². The number of anilines is 1. The van der Waals surface area contributed by atoms with E-state index in [0.717, 1.165) is 39.0 Å². The first-order chi connectivity index (χ1) is 19.9. The highest BCUT2D eigenvalue weighted by Crippen LogP contribution is 2.40. The van der Waals surface area contributed by atoms with E-state index in [1.165, 1.54) is 29.7 Å². The number of nitrogens with zero attached hydrogens (tertiary/aromatic N) is 9. The second-order valence-corrected chi connectivity index (χ2v) is 11.5. The molecule has 1 atom stereocenters. The summed E-state index contributed by atoms with van der Waals surface area (Å²) in [6.07, 6.45) is 8.10. The molecule has 2 fully saturated rings. The molecule has 2 aliphatic rings. The summed E-state index contributed by atoms with van der Waals surface area (Å²) >= 11 is 3.41. The quantitative estimate of drug-likeness (QED) is 0.269. The average molecular weight is 618 g/mol. The Morgan fingerprint density at radius 2 is 1.93 bits per heavy atom. The van der Waals surface area contributed by atoms with Gasteiger partial charge in [-0.2, -0.15) is 5.26 Å². The molecule has 0 spiro atoms. The highest BCUT2D eigenvalue weighted by molar-refractivity contribution is 9.10. The van der Waals surface area contributed by atoms with Gasteiger partial charge in [0.15, 0.2) is 11.5 Å². The van der Waals surface area contributed by atoms with Crippen molar-refractivity contribution in [1.82, 2.24) is 34.3 Å². The molecule has 12 heteroatoms. The van der Waals surface area contributed by atoms with E-state index in [1.807, 2.05) is 10.5 Å². The minimum absolute atomic E-state index is 0.0717. The van der Waals surface area contributed by atoms with E-state index in [9.17, 15) is 9.65 Å². The molecule has 0 saturated carbocycles. The molecular formula is C29H26BrF2N9. The van der Waals surface area contributed by atoms with Crippen molar-refractivity contribution < 1.29 is 8.78 Å². The number of benzene rings is 2. The van der Waals surface area contributed by atoms with Crippen molar-refractivity contribution in [2.24, 2.45) is 7.05 Å². The maximum atomic E-state index is 16.1. The summed E-state index contributed by atoms with van der Waals surface area (Å²) in [5.74, 6) is -0.467. The molecule has 0 radical (unpaired) electrons. The molecule has 2 aromatic carbocycles. The second-order valence-electron chi connectivity index (χ2n) is 10.7. The third-order valence-electron chi connectivity index (χ3n) is 8.27. The number of hydrogen-bond donors (Lipinski definition) is 0. The summed E-state index contributed by atoms with van der Waals surface area (Å²) in [5.41, 5.74) is 2.99. The molecule has 7 rings (SSSR count). The van der Waals surface area contributed by atoms with Crippen LogP contribution in [0.5, 0.6) is 0 Å². The standard InChI is InChI=1S/C29H26BrF2N9/c1-38-27-22(36-37-38)14-20(24(32)23(27)30)26-25(17-6-7-18(15-33)21(31)13-17)35-29-28(34-8-12-41(26)29)40-11-4-5-19(16-40)39-9-2-3-10-39/h6-8,12-14,19H,2-5,9-11,16H2,1H3/t19-/m1/s1. The maximum absolute atomic E-state index is 16.1. The van der Waals surface area contributed by atoms with E-state index in [-0.39, 0.29) is 15.6 Å². The van der Waals surface area contributed by atoms with Crippen molar-refractivity contribution in [1.29, 1.82) is 5.26 Å².